The molecule has 2 amide bonds. The highest BCUT2D eigenvalue weighted by molar-refractivity contribution is 5.76. The molecule has 1 unspecified atom stereocenters. The summed E-state index contributed by atoms with van der Waals surface area (Å²) in [6.45, 7) is 9.09. The van der Waals surface area contributed by atoms with Gasteiger partial charge in [-0.3, -0.25) is 4.79 Å². The van der Waals surface area contributed by atoms with Crippen LogP contribution < -0.4 is 0 Å². The first-order valence-electron chi connectivity index (χ1n) is 7.77. The van der Waals surface area contributed by atoms with E-state index >= 15 is 0 Å². The summed E-state index contributed by atoms with van der Waals surface area (Å²) in [7, 11) is 0. The molecule has 1 aliphatic carbocycles. The van der Waals surface area contributed by atoms with E-state index in [0.717, 1.165) is 32.2 Å². The van der Waals surface area contributed by atoms with Crippen molar-refractivity contribution in [3.05, 3.63) is 12.7 Å². The van der Waals surface area contributed by atoms with Gasteiger partial charge >= 0.3 is 12.0 Å². The normalized spacial score (nSPS) is 22.8. The van der Waals surface area contributed by atoms with Crippen LogP contribution in [0.3, 0.4) is 0 Å². The Labute approximate surface area is 126 Å². The Morgan fingerprint density at radius 2 is 2.05 bits per heavy atom. The van der Waals surface area contributed by atoms with Crippen LogP contribution in [-0.2, 0) is 4.79 Å². The minimum atomic E-state index is -0.790. The molecule has 2 fully saturated rings. The summed E-state index contributed by atoms with van der Waals surface area (Å²) in [5.74, 6) is -0.774. The van der Waals surface area contributed by atoms with Crippen LogP contribution in [-0.4, -0.2) is 52.6 Å². The number of nitrogens with zero attached hydrogens (tertiary/aromatic N) is 2. The maximum Gasteiger partial charge on any atom is 0.320 e. The van der Waals surface area contributed by atoms with E-state index in [1.807, 2.05) is 9.80 Å². The minimum absolute atomic E-state index is 0.0116. The molecule has 0 aromatic heterocycles. The second-order valence-corrected chi connectivity index (χ2v) is 6.77. The Morgan fingerprint density at radius 1 is 1.38 bits per heavy atom. The molecule has 1 atom stereocenters. The lowest BCUT2D eigenvalue weighted by atomic mass is 9.74. The number of urea groups is 1. The third kappa shape index (κ3) is 3.39. The Kier molecular flexibility index (Phi) is 4.59. The Balaban J connectivity index is 2.04. The van der Waals surface area contributed by atoms with E-state index in [9.17, 15) is 14.7 Å². The van der Waals surface area contributed by atoms with Gasteiger partial charge in [0.1, 0.15) is 0 Å². The smallest absolute Gasteiger partial charge is 0.320 e. The molecule has 0 bridgehead atoms. The maximum absolute atomic E-state index is 12.7. The molecule has 2 aliphatic rings. The van der Waals surface area contributed by atoms with Crippen molar-refractivity contribution in [3.8, 4) is 0 Å². The third-order valence-corrected chi connectivity index (χ3v) is 4.82. The van der Waals surface area contributed by atoms with Gasteiger partial charge in [0.2, 0.25) is 0 Å². The molecule has 118 valence electrons. The van der Waals surface area contributed by atoms with Crippen LogP contribution in [0.4, 0.5) is 4.79 Å². The molecule has 21 heavy (non-hydrogen) atoms. The molecule has 1 heterocycles. The second kappa shape index (κ2) is 6.08. The summed E-state index contributed by atoms with van der Waals surface area (Å²) >= 11 is 0. The van der Waals surface area contributed by atoms with E-state index in [1.54, 1.807) is 19.9 Å². The largest absolute Gasteiger partial charge is 0.481 e. The SMILES string of the molecule is C=CCN(C(=O)N1CCCC(C(C)(C)C(=O)O)C1)C1CC1. The van der Waals surface area contributed by atoms with Gasteiger partial charge < -0.3 is 14.9 Å². The Morgan fingerprint density at radius 3 is 2.57 bits per heavy atom. The highest BCUT2D eigenvalue weighted by Gasteiger charge is 2.42. The highest BCUT2D eigenvalue weighted by atomic mass is 16.4. The van der Waals surface area contributed by atoms with Crippen molar-refractivity contribution in [2.45, 2.75) is 45.6 Å². The number of piperidine rings is 1. The van der Waals surface area contributed by atoms with E-state index in [0.29, 0.717) is 19.1 Å². The lowest BCUT2D eigenvalue weighted by Crippen LogP contribution is -2.51. The summed E-state index contributed by atoms with van der Waals surface area (Å²) in [4.78, 5) is 27.8. The van der Waals surface area contributed by atoms with E-state index in [-0.39, 0.29) is 11.9 Å². The number of carboxylic acid groups (broad SMARTS) is 1. The molecule has 0 spiro atoms. The molecule has 0 aromatic rings. The first-order valence-corrected chi connectivity index (χ1v) is 7.77. The zero-order valence-electron chi connectivity index (χ0n) is 13.0. The second-order valence-electron chi connectivity index (χ2n) is 6.77. The van der Waals surface area contributed by atoms with Crippen molar-refractivity contribution in [1.29, 1.82) is 0 Å². The van der Waals surface area contributed by atoms with Crippen molar-refractivity contribution >= 4 is 12.0 Å². The van der Waals surface area contributed by atoms with Crippen molar-refractivity contribution in [2.75, 3.05) is 19.6 Å². The van der Waals surface area contributed by atoms with E-state index < -0.39 is 11.4 Å². The molecule has 5 heteroatoms. The van der Waals surface area contributed by atoms with Crippen LogP contribution in [0, 0.1) is 11.3 Å². The van der Waals surface area contributed by atoms with E-state index in [4.69, 9.17) is 0 Å². The summed E-state index contributed by atoms with van der Waals surface area (Å²) < 4.78 is 0. The summed E-state index contributed by atoms with van der Waals surface area (Å²) in [6, 6.07) is 0.395. The van der Waals surface area contributed by atoms with Crippen LogP contribution in [0.25, 0.3) is 0 Å². The molecule has 1 N–H and O–H groups in total. The van der Waals surface area contributed by atoms with Gasteiger partial charge in [0, 0.05) is 25.7 Å². The number of rotatable bonds is 5. The minimum Gasteiger partial charge on any atom is -0.481 e. The van der Waals surface area contributed by atoms with E-state index in [1.165, 1.54) is 0 Å². The van der Waals surface area contributed by atoms with Gasteiger partial charge in [-0.15, -0.1) is 6.58 Å². The molecule has 5 nitrogen and oxygen atoms in total. The van der Waals surface area contributed by atoms with Gasteiger partial charge in [-0.1, -0.05) is 6.08 Å². The zero-order valence-corrected chi connectivity index (χ0v) is 13.0. The van der Waals surface area contributed by atoms with Crippen LogP contribution in [0.15, 0.2) is 12.7 Å². The lowest BCUT2D eigenvalue weighted by Gasteiger charge is -2.41. The fraction of sp³-hybridized carbons (Fsp3) is 0.750. The van der Waals surface area contributed by atoms with Gasteiger partial charge in [0.15, 0.2) is 0 Å². The van der Waals surface area contributed by atoms with Crippen LogP contribution in [0.1, 0.15) is 39.5 Å². The standard InChI is InChI=1S/C16H26N2O3/c1-4-9-18(13-7-8-13)15(21)17-10-5-6-12(11-17)16(2,3)14(19)20/h4,12-13H,1,5-11H2,2-3H3,(H,19,20). The number of amides is 2. The predicted molar refractivity (Wildman–Crippen MR) is 81.0 cm³/mol. The molecule has 0 aromatic carbocycles. The number of hydrogen-bond acceptors (Lipinski definition) is 2. The maximum atomic E-state index is 12.7. The topological polar surface area (TPSA) is 60.9 Å². The molecule has 1 saturated carbocycles. The number of likely N-dealkylation sites (tertiary alicyclic amines) is 1. The van der Waals surface area contributed by atoms with Gasteiger partial charge in [-0.05, 0) is 45.4 Å². The fourth-order valence-electron chi connectivity index (χ4n) is 3.00. The van der Waals surface area contributed by atoms with Gasteiger partial charge in [0.25, 0.3) is 0 Å². The number of carbonyl (C=O) groups is 2. The van der Waals surface area contributed by atoms with Crippen molar-refractivity contribution < 1.29 is 14.7 Å². The molecule has 0 radical (unpaired) electrons. The first kappa shape index (κ1) is 15.9. The van der Waals surface area contributed by atoms with Crippen LogP contribution in [0.5, 0.6) is 0 Å². The van der Waals surface area contributed by atoms with Crippen molar-refractivity contribution in [3.63, 3.8) is 0 Å². The van der Waals surface area contributed by atoms with Gasteiger partial charge in [-0.25, -0.2) is 4.79 Å². The van der Waals surface area contributed by atoms with Crippen LogP contribution >= 0.6 is 0 Å². The molecular weight excluding hydrogens is 268 g/mol. The number of aliphatic carboxylic acids is 1. The summed E-state index contributed by atoms with van der Waals surface area (Å²) in [6.07, 6.45) is 5.64. The molecule has 2 rings (SSSR count). The number of carbonyl (C=O) groups excluding carboxylic acids is 1. The first-order chi connectivity index (χ1) is 9.87. The average molecular weight is 294 g/mol. The Hall–Kier alpha value is -1.52. The molecular formula is C16H26N2O3. The van der Waals surface area contributed by atoms with E-state index in [2.05, 4.69) is 6.58 Å². The van der Waals surface area contributed by atoms with Crippen molar-refractivity contribution in [2.24, 2.45) is 11.3 Å². The van der Waals surface area contributed by atoms with Gasteiger partial charge in [-0.2, -0.15) is 0 Å². The van der Waals surface area contributed by atoms with Crippen LogP contribution in [0.2, 0.25) is 0 Å². The summed E-state index contributed by atoms with van der Waals surface area (Å²) in [5, 5.41) is 9.38. The lowest BCUT2D eigenvalue weighted by molar-refractivity contribution is -0.151. The zero-order chi connectivity index (χ0) is 15.6. The Bertz CT molecular complexity index is 429. The monoisotopic (exact) mass is 294 g/mol. The predicted octanol–water partition coefficient (Wildman–Crippen LogP) is 2.58. The number of hydrogen-bond donors (Lipinski definition) is 1. The molecule has 1 aliphatic heterocycles. The summed E-state index contributed by atoms with van der Waals surface area (Å²) in [5.41, 5.74) is -0.790. The third-order valence-electron chi connectivity index (χ3n) is 4.82. The highest BCUT2D eigenvalue weighted by Crippen LogP contribution is 2.35. The van der Waals surface area contributed by atoms with Crippen molar-refractivity contribution in [1.82, 2.24) is 9.80 Å². The van der Waals surface area contributed by atoms with Gasteiger partial charge in [0.05, 0.1) is 5.41 Å². The molecule has 1 saturated heterocycles. The number of carboxylic acids is 1. The average Bonchev–Trinajstić information content (AvgIpc) is 3.28. The quantitative estimate of drug-likeness (QED) is 0.793. The fourth-order valence-corrected chi connectivity index (χ4v) is 3.00.